The zero-order valence-corrected chi connectivity index (χ0v) is 13.7. The van der Waals surface area contributed by atoms with Gasteiger partial charge >= 0.3 is 0 Å². The highest BCUT2D eigenvalue weighted by Gasteiger charge is 2.38. The average Bonchev–Trinajstić information content (AvgIpc) is 3.24. The first-order valence-electron chi connectivity index (χ1n) is 8.46. The van der Waals surface area contributed by atoms with Crippen molar-refractivity contribution in [3.8, 4) is 0 Å². The number of likely N-dealkylation sites (tertiary alicyclic amines) is 1. The fourth-order valence-electron chi connectivity index (χ4n) is 4.25. The third kappa shape index (κ3) is 2.60. The Bertz CT molecular complexity index is 566. The zero-order valence-electron chi connectivity index (χ0n) is 12.9. The summed E-state index contributed by atoms with van der Waals surface area (Å²) in [6, 6.07) is 0.519. The fraction of sp³-hybridized carbons (Fsp3) is 0.647. The molecule has 1 saturated carbocycles. The number of carbonyl (C=O) groups is 1. The van der Waals surface area contributed by atoms with E-state index in [1.165, 1.54) is 38.5 Å². The number of nitrogens with zero attached hydrogens (tertiary/aromatic N) is 3. The van der Waals surface area contributed by atoms with Gasteiger partial charge in [-0.15, -0.1) is 11.8 Å². The Hall–Kier alpha value is -1.23. The number of piperidine rings is 1. The predicted molar refractivity (Wildman–Crippen MR) is 89.1 cm³/mol. The van der Waals surface area contributed by atoms with E-state index in [0.717, 1.165) is 23.2 Å². The van der Waals surface area contributed by atoms with Crippen molar-refractivity contribution in [3.05, 3.63) is 24.8 Å². The van der Waals surface area contributed by atoms with Gasteiger partial charge in [-0.25, -0.2) is 4.98 Å². The first-order valence-corrected chi connectivity index (χ1v) is 9.45. The van der Waals surface area contributed by atoms with Crippen molar-refractivity contribution in [3.63, 3.8) is 0 Å². The van der Waals surface area contributed by atoms with Crippen molar-refractivity contribution < 1.29 is 4.79 Å². The van der Waals surface area contributed by atoms with E-state index in [1.807, 2.05) is 17.1 Å². The van der Waals surface area contributed by atoms with Crippen LogP contribution in [0, 0.1) is 11.8 Å². The molecule has 118 valence electrons. The number of thioether (sulfide) groups is 1. The minimum Gasteiger partial charge on any atom is -0.339 e. The molecule has 3 aliphatic rings. The smallest absolute Gasteiger partial charge is 0.230 e. The van der Waals surface area contributed by atoms with E-state index in [2.05, 4.69) is 16.0 Å². The van der Waals surface area contributed by atoms with Gasteiger partial charge < -0.3 is 9.47 Å². The Balaban J connectivity index is 1.49. The molecule has 3 heterocycles. The summed E-state index contributed by atoms with van der Waals surface area (Å²) in [4.78, 5) is 19.3. The molecule has 4 rings (SSSR count). The Morgan fingerprint density at radius 1 is 1.23 bits per heavy atom. The van der Waals surface area contributed by atoms with Crippen LogP contribution in [0.3, 0.4) is 0 Å². The molecule has 0 bridgehead atoms. The van der Waals surface area contributed by atoms with E-state index in [1.54, 1.807) is 18.0 Å². The van der Waals surface area contributed by atoms with Gasteiger partial charge in [0.2, 0.25) is 5.91 Å². The first kappa shape index (κ1) is 14.4. The highest BCUT2D eigenvalue weighted by atomic mass is 32.2. The summed E-state index contributed by atoms with van der Waals surface area (Å²) < 4.78 is 2.01. The highest BCUT2D eigenvalue weighted by Crippen LogP contribution is 2.38. The second-order valence-corrected chi connectivity index (χ2v) is 7.72. The van der Waals surface area contributed by atoms with Crippen LogP contribution in [0.2, 0.25) is 0 Å². The van der Waals surface area contributed by atoms with Gasteiger partial charge in [0.15, 0.2) is 0 Å². The number of amides is 1. The lowest BCUT2D eigenvalue weighted by atomic mass is 9.78. The molecule has 4 nitrogen and oxygen atoms in total. The molecule has 1 aliphatic carbocycles. The van der Waals surface area contributed by atoms with Gasteiger partial charge in [-0.3, -0.25) is 4.79 Å². The number of fused-ring (bicyclic) bond motifs is 1. The summed E-state index contributed by atoms with van der Waals surface area (Å²) in [6.07, 6.45) is 15.4. The van der Waals surface area contributed by atoms with Crippen LogP contribution in [0.4, 0.5) is 0 Å². The maximum Gasteiger partial charge on any atom is 0.230 e. The highest BCUT2D eigenvalue weighted by molar-refractivity contribution is 8.08. The molecule has 5 heteroatoms. The largest absolute Gasteiger partial charge is 0.339 e. The van der Waals surface area contributed by atoms with Crippen molar-refractivity contribution in [2.45, 2.75) is 44.6 Å². The third-order valence-corrected chi connectivity index (χ3v) is 6.53. The van der Waals surface area contributed by atoms with Crippen molar-refractivity contribution in [2.75, 3.05) is 12.3 Å². The van der Waals surface area contributed by atoms with Crippen molar-refractivity contribution >= 4 is 22.7 Å². The normalized spacial score (nSPS) is 31.7. The monoisotopic (exact) mass is 317 g/mol. The first-order chi connectivity index (χ1) is 10.8. The Morgan fingerprint density at radius 2 is 2.09 bits per heavy atom. The third-order valence-electron chi connectivity index (χ3n) is 5.36. The number of hydrogen-bond acceptors (Lipinski definition) is 3. The fourth-order valence-corrected chi connectivity index (χ4v) is 5.35. The Kier molecular flexibility index (Phi) is 3.99. The van der Waals surface area contributed by atoms with Crippen molar-refractivity contribution in [1.29, 1.82) is 0 Å². The number of rotatable bonds is 2. The molecule has 0 radical (unpaired) electrons. The average molecular weight is 317 g/mol. The number of imidazole rings is 1. The van der Waals surface area contributed by atoms with Gasteiger partial charge in [0.25, 0.3) is 0 Å². The van der Waals surface area contributed by atoms with Crippen LogP contribution in [0.5, 0.6) is 0 Å². The second-order valence-electron chi connectivity index (χ2n) is 6.68. The summed E-state index contributed by atoms with van der Waals surface area (Å²) in [5, 5.41) is 1.15. The molecule has 22 heavy (non-hydrogen) atoms. The van der Waals surface area contributed by atoms with E-state index in [0.29, 0.717) is 11.9 Å². The summed E-state index contributed by atoms with van der Waals surface area (Å²) >= 11 is 1.77. The molecule has 1 aromatic heterocycles. The predicted octanol–water partition coefficient (Wildman–Crippen LogP) is 3.23. The molecular weight excluding hydrogens is 294 g/mol. The lowest BCUT2D eigenvalue weighted by Gasteiger charge is -2.44. The second kappa shape index (κ2) is 6.11. The van der Waals surface area contributed by atoms with Crippen LogP contribution in [0.1, 0.15) is 38.5 Å². The van der Waals surface area contributed by atoms with Crippen molar-refractivity contribution in [2.24, 2.45) is 11.8 Å². The minimum atomic E-state index is 0.0445. The lowest BCUT2D eigenvalue weighted by Crippen LogP contribution is -2.51. The maximum absolute atomic E-state index is 13.0. The molecule has 3 unspecified atom stereocenters. The topological polar surface area (TPSA) is 38.1 Å². The summed E-state index contributed by atoms with van der Waals surface area (Å²) in [6.45, 7) is 0.968. The van der Waals surface area contributed by atoms with E-state index in [-0.39, 0.29) is 5.92 Å². The Labute approximate surface area is 136 Å². The molecule has 0 spiro atoms. The van der Waals surface area contributed by atoms with Crippen molar-refractivity contribution in [1.82, 2.24) is 14.5 Å². The summed E-state index contributed by atoms with van der Waals surface area (Å²) in [7, 11) is 0. The SMILES string of the molecule is O=C(C1C=C(n2ccnc2)SC1)N1CCCC2CCCCC21. The van der Waals surface area contributed by atoms with Gasteiger partial charge in [0, 0.05) is 30.7 Å². The van der Waals surface area contributed by atoms with Gasteiger partial charge in [0.1, 0.15) is 0 Å². The van der Waals surface area contributed by atoms with Gasteiger partial charge in [-0.2, -0.15) is 0 Å². The molecule has 3 atom stereocenters. The van der Waals surface area contributed by atoms with E-state index in [9.17, 15) is 4.79 Å². The summed E-state index contributed by atoms with van der Waals surface area (Å²) in [5.41, 5.74) is 0. The maximum atomic E-state index is 13.0. The number of aromatic nitrogens is 2. The van der Waals surface area contributed by atoms with Gasteiger partial charge in [0.05, 0.1) is 17.3 Å². The van der Waals surface area contributed by atoms with Crippen LogP contribution >= 0.6 is 11.8 Å². The van der Waals surface area contributed by atoms with Gasteiger partial charge in [-0.05, 0) is 37.7 Å². The van der Waals surface area contributed by atoms with Crippen LogP contribution in [0.25, 0.3) is 5.03 Å². The lowest BCUT2D eigenvalue weighted by molar-refractivity contribution is -0.139. The van der Waals surface area contributed by atoms with E-state index in [4.69, 9.17) is 0 Å². The number of carbonyl (C=O) groups excluding carboxylic acids is 1. The van der Waals surface area contributed by atoms with E-state index >= 15 is 0 Å². The van der Waals surface area contributed by atoms with Crippen LogP contribution in [0.15, 0.2) is 24.8 Å². The molecule has 1 amide bonds. The Morgan fingerprint density at radius 3 is 2.95 bits per heavy atom. The minimum absolute atomic E-state index is 0.0445. The van der Waals surface area contributed by atoms with Crippen LogP contribution in [-0.2, 0) is 4.79 Å². The summed E-state index contributed by atoms with van der Waals surface area (Å²) in [5.74, 6) is 2.04. The molecule has 1 saturated heterocycles. The molecule has 2 fully saturated rings. The molecular formula is C17H23N3OS. The molecule has 1 aromatic rings. The standard InChI is InChI=1S/C17H23N3OS/c21-17(14-10-16(22-11-14)19-9-7-18-12-19)20-8-3-5-13-4-1-2-6-15(13)20/h7,9-10,12-15H,1-6,8,11H2. The quantitative estimate of drug-likeness (QED) is 0.840. The van der Waals surface area contributed by atoms with Gasteiger partial charge in [-0.1, -0.05) is 12.8 Å². The van der Waals surface area contributed by atoms with Crippen LogP contribution in [-0.4, -0.2) is 38.7 Å². The number of hydrogen-bond donors (Lipinski definition) is 0. The molecule has 2 aliphatic heterocycles. The van der Waals surface area contributed by atoms with E-state index < -0.39 is 0 Å². The molecule has 0 N–H and O–H groups in total. The zero-order chi connectivity index (χ0) is 14.9. The van der Waals surface area contributed by atoms with Crippen LogP contribution < -0.4 is 0 Å². The molecule has 0 aromatic carbocycles.